The number of aliphatic hydroxyl groups is 1. The lowest BCUT2D eigenvalue weighted by Crippen LogP contribution is -2.68. The summed E-state index contributed by atoms with van der Waals surface area (Å²) < 4.78 is 13.2. The molecule has 4 atom stereocenters. The fraction of sp³-hybridized carbons (Fsp3) is 0.600. The first-order chi connectivity index (χ1) is 13.1. The lowest BCUT2D eigenvalue weighted by molar-refractivity contribution is -0.212. The van der Waals surface area contributed by atoms with Crippen molar-refractivity contribution in [2.75, 3.05) is 33.0 Å². The van der Waals surface area contributed by atoms with Gasteiger partial charge in [-0.3, -0.25) is 4.79 Å². The molecule has 0 spiro atoms. The third kappa shape index (κ3) is 2.60. The Morgan fingerprint density at radius 1 is 1.33 bits per heavy atom. The van der Waals surface area contributed by atoms with Crippen molar-refractivity contribution >= 4 is 11.6 Å². The van der Waals surface area contributed by atoms with Crippen LogP contribution in [-0.2, 0) is 9.47 Å². The maximum Gasteiger partial charge on any atom is 0.257 e. The van der Waals surface area contributed by atoms with E-state index in [-0.39, 0.29) is 23.8 Å². The minimum Gasteiger partial charge on any atom is -0.389 e. The van der Waals surface area contributed by atoms with Crippen LogP contribution in [0, 0.1) is 18.8 Å². The minimum atomic E-state index is -0.810. The highest BCUT2D eigenvalue weighted by Crippen LogP contribution is 2.44. The Morgan fingerprint density at radius 3 is 3.07 bits per heavy atom. The first kappa shape index (κ1) is 17.2. The maximum atomic E-state index is 13.6. The van der Waals surface area contributed by atoms with Gasteiger partial charge in [0.25, 0.3) is 5.91 Å². The number of carbonyl (C=O) groups is 1. The number of nitrogens with zero attached hydrogens (tertiary/aromatic N) is 3. The first-order valence-corrected chi connectivity index (χ1v) is 9.71. The normalized spacial score (nSPS) is 33.6. The standard InChI is InChI=1S/C20H25N3O4/c1-13-9-22-6-2-3-15(18(22)21-13)19(24)23-10-14-11-27-8-5-20(14,25)16-12-26-7-4-17(16)23/h2-3,6,9,14,16-17,25H,4-5,7-8,10-12H2,1H3/t14-,16+,17-,20-/m0/s1. The zero-order valence-electron chi connectivity index (χ0n) is 15.5. The van der Waals surface area contributed by atoms with E-state index in [1.807, 2.05) is 40.8 Å². The number of hydrogen-bond donors (Lipinski definition) is 1. The van der Waals surface area contributed by atoms with Crippen LogP contribution >= 0.6 is 0 Å². The Morgan fingerprint density at radius 2 is 2.19 bits per heavy atom. The van der Waals surface area contributed by atoms with Crippen LogP contribution in [0.5, 0.6) is 0 Å². The summed E-state index contributed by atoms with van der Waals surface area (Å²) in [6, 6.07) is 3.71. The van der Waals surface area contributed by atoms with Crippen molar-refractivity contribution in [1.29, 1.82) is 0 Å². The van der Waals surface area contributed by atoms with E-state index in [0.717, 1.165) is 12.1 Å². The lowest BCUT2D eigenvalue weighted by atomic mass is 9.66. The third-order valence-electron chi connectivity index (χ3n) is 6.55. The predicted octanol–water partition coefficient (Wildman–Crippen LogP) is 1.27. The van der Waals surface area contributed by atoms with Crippen LogP contribution in [0.1, 0.15) is 28.9 Å². The van der Waals surface area contributed by atoms with Gasteiger partial charge in [0, 0.05) is 56.5 Å². The molecule has 7 nitrogen and oxygen atoms in total. The van der Waals surface area contributed by atoms with Gasteiger partial charge in [-0.1, -0.05) is 0 Å². The molecule has 3 aliphatic rings. The van der Waals surface area contributed by atoms with E-state index in [0.29, 0.717) is 50.6 Å². The average molecular weight is 371 g/mol. The highest BCUT2D eigenvalue weighted by atomic mass is 16.5. The van der Waals surface area contributed by atoms with E-state index >= 15 is 0 Å². The number of imidazole rings is 1. The summed E-state index contributed by atoms with van der Waals surface area (Å²) in [5.74, 6) is -0.172. The molecule has 0 unspecified atom stereocenters. The van der Waals surface area contributed by atoms with Crippen molar-refractivity contribution in [2.24, 2.45) is 11.8 Å². The number of fused-ring (bicyclic) bond motifs is 4. The van der Waals surface area contributed by atoms with E-state index < -0.39 is 5.60 Å². The van der Waals surface area contributed by atoms with Crippen LogP contribution in [0.15, 0.2) is 24.5 Å². The molecule has 144 valence electrons. The second-order valence-electron chi connectivity index (χ2n) is 8.04. The van der Waals surface area contributed by atoms with Crippen LogP contribution in [0.2, 0.25) is 0 Å². The summed E-state index contributed by atoms with van der Waals surface area (Å²) in [4.78, 5) is 20.1. The van der Waals surface area contributed by atoms with Crippen molar-refractivity contribution in [2.45, 2.75) is 31.4 Å². The van der Waals surface area contributed by atoms with Crippen LogP contribution in [0.4, 0.5) is 0 Å². The summed E-state index contributed by atoms with van der Waals surface area (Å²) in [7, 11) is 0. The second kappa shape index (κ2) is 6.29. The van der Waals surface area contributed by atoms with Gasteiger partial charge in [-0.05, 0) is 25.5 Å². The minimum absolute atomic E-state index is 0.0121. The molecule has 2 aromatic rings. The Balaban J connectivity index is 1.54. The molecule has 0 aliphatic carbocycles. The number of rotatable bonds is 1. The van der Waals surface area contributed by atoms with Crippen LogP contribution in [0.3, 0.4) is 0 Å². The topological polar surface area (TPSA) is 76.3 Å². The molecule has 1 amide bonds. The first-order valence-electron chi connectivity index (χ1n) is 9.71. The van der Waals surface area contributed by atoms with Crippen molar-refractivity contribution in [3.8, 4) is 0 Å². The van der Waals surface area contributed by atoms with Crippen molar-refractivity contribution in [3.63, 3.8) is 0 Å². The average Bonchev–Trinajstić information content (AvgIpc) is 3.07. The highest BCUT2D eigenvalue weighted by Gasteiger charge is 2.56. The van der Waals surface area contributed by atoms with Gasteiger partial charge in [-0.25, -0.2) is 4.98 Å². The molecule has 2 aromatic heterocycles. The molecule has 1 N–H and O–H groups in total. The van der Waals surface area contributed by atoms with Gasteiger partial charge in [0.2, 0.25) is 0 Å². The maximum absolute atomic E-state index is 13.6. The summed E-state index contributed by atoms with van der Waals surface area (Å²) in [5.41, 5.74) is 1.37. The number of carbonyl (C=O) groups excluding carboxylic acids is 1. The number of amides is 1. The highest BCUT2D eigenvalue weighted by molar-refractivity contribution is 6.00. The molecule has 0 aromatic carbocycles. The van der Waals surface area contributed by atoms with E-state index in [1.54, 1.807) is 0 Å². The van der Waals surface area contributed by atoms with E-state index in [4.69, 9.17) is 9.47 Å². The molecule has 3 saturated heterocycles. The van der Waals surface area contributed by atoms with Gasteiger partial charge in [0.05, 0.1) is 30.1 Å². The zero-order valence-corrected chi connectivity index (χ0v) is 15.5. The van der Waals surface area contributed by atoms with E-state index in [1.165, 1.54) is 0 Å². The summed E-state index contributed by atoms with van der Waals surface area (Å²) in [5, 5.41) is 11.4. The third-order valence-corrected chi connectivity index (χ3v) is 6.55. The number of aromatic nitrogens is 2. The number of pyridine rings is 1. The monoisotopic (exact) mass is 371 g/mol. The van der Waals surface area contributed by atoms with E-state index in [9.17, 15) is 9.90 Å². The number of hydrogen-bond acceptors (Lipinski definition) is 5. The molecule has 5 rings (SSSR count). The zero-order chi connectivity index (χ0) is 18.6. The smallest absolute Gasteiger partial charge is 0.257 e. The fourth-order valence-electron chi connectivity index (χ4n) is 5.15. The molecular formula is C20H25N3O4. The van der Waals surface area contributed by atoms with Crippen molar-refractivity contribution in [3.05, 3.63) is 35.8 Å². The quantitative estimate of drug-likeness (QED) is 0.817. The summed E-state index contributed by atoms with van der Waals surface area (Å²) >= 11 is 0. The number of aryl methyl sites for hydroxylation is 1. The van der Waals surface area contributed by atoms with Crippen molar-refractivity contribution in [1.82, 2.24) is 14.3 Å². The Hall–Kier alpha value is -1.96. The van der Waals surface area contributed by atoms with Crippen LogP contribution in [-0.4, -0.2) is 69.9 Å². The molecule has 7 heteroatoms. The summed E-state index contributed by atoms with van der Waals surface area (Å²) in [6.45, 7) is 4.60. The molecule has 0 radical (unpaired) electrons. The Bertz CT molecular complexity index is 881. The SMILES string of the molecule is Cc1cn2cccc(C(=O)N3C[C@H]4COCC[C@@]4(O)[C@@H]4COCC[C@@H]43)c2n1. The molecule has 3 fully saturated rings. The van der Waals surface area contributed by atoms with Gasteiger partial charge < -0.3 is 23.9 Å². The second-order valence-corrected chi connectivity index (χ2v) is 8.04. The van der Waals surface area contributed by atoms with Crippen LogP contribution in [0.25, 0.3) is 5.65 Å². The van der Waals surface area contributed by atoms with E-state index in [2.05, 4.69) is 4.98 Å². The number of piperidine rings is 1. The lowest BCUT2D eigenvalue weighted by Gasteiger charge is -2.57. The van der Waals surface area contributed by atoms with Gasteiger partial charge in [-0.2, -0.15) is 0 Å². The number of likely N-dealkylation sites (tertiary alicyclic amines) is 1. The molecule has 5 heterocycles. The van der Waals surface area contributed by atoms with Gasteiger partial charge >= 0.3 is 0 Å². The molecular weight excluding hydrogens is 346 g/mol. The molecule has 3 aliphatic heterocycles. The van der Waals surface area contributed by atoms with Gasteiger partial charge in [-0.15, -0.1) is 0 Å². The van der Waals surface area contributed by atoms with Crippen LogP contribution < -0.4 is 0 Å². The van der Waals surface area contributed by atoms with Crippen molar-refractivity contribution < 1.29 is 19.4 Å². The van der Waals surface area contributed by atoms with Gasteiger partial charge in [0.15, 0.2) is 0 Å². The Labute approximate surface area is 157 Å². The molecule has 27 heavy (non-hydrogen) atoms. The summed E-state index contributed by atoms with van der Waals surface area (Å²) in [6.07, 6.45) is 5.20. The molecule has 0 saturated carbocycles. The fourth-order valence-corrected chi connectivity index (χ4v) is 5.15. The largest absolute Gasteiger partial charge is 0.389 e. The molecule has 0 bridgehead atoms. The predicted molar refractivity (Wildman–Crippen MR) is 97.6 cm³/mol. The number of ether oxygens (including phenoxy) is 2. The van der Waals surface area contributed by atoms with Gasteiger partial charge in [0.1, 0.15) is 5.65 Å². The Kier molecular flexibility index (Phi) is 4.00.